The minimum atomic E-state index is -3.73. The van der Waals surface area contributed by atoms with Gasteiger partial charge in [0, 0.05) is 28.1 Å². The molecule has 0 spiro atoms. The molecular formula is C7H7ClN2O2S. The summed E-state index contributed by atoms with van der Waals surface area (Å²) < 4.78 is 21.7. The first-order valence-electron chi connectivity index (χ1n) is 3.30. The van der Waals surface area contributed by atoms with E-state index in [9.17, 15) is 8.42 Å². The normalized spacial score (nSPS) is 11.2. The van der Waals surface area contributed by atoms with Crippen LogP contribution in [-0.2, 0) is 9.05 Å². The van der Waals surface area contributed by atoms with Crippen LogP contribution in [0.3, 0.4) is 0 Å². The minimum Gasteiger partial charge on any atom is -0.398 e. The topological polar surface area (TPSA) is 84.0 Å². The van der Waals surface area contributed by atoms with Crippen molar-refractivity contribution >= 4 is 31.6 Å². The van der Waals surface area contributed by atoms with Gasteiger partial charge in [0.15, 0.2) is 0 Å². The largest absolute Gasteiger partial charge is 0.398 e. The lowest BCUT2D eigenvalue weighted by atomic mass is 10.2. The predicted molar refractivity (Wildman–Crippen MR) is 51.8 cm³/mol. The molecule has 0 aliphatic rings. The zero-order chi connectivity index (χ0) is 10.1. The van der Waals surface area contributed by atoms with Crippen LogP contribution in [0.4, 0.5) is 5.69 Å². The van der Waals surface area contributed by atoms with E-state index in [1.54, 1.807) is 0 Å². The first-order chi connectivity index (χ1) is 5.95. The molecule has 0 aromatic heterocycles. The number of hydrogen-bond acceptors (Lipinski definition) is 4. The van der Waals surface area contributed by atoms with Crippen LogP contribution in [0, 0.1) is 5.41 Å². The fraction of sp³-hybridized carbons (Fsp3) is 0. The fourth-order valence-corrected chi connectivity index (χ4v) is 1.62. The summed E-state index contributed by atoms with van der Waals surface area (Å²) >= 11 is 0. The molecule has 0 heterocycles. The highest BCUT2D eigenvalue weighted by Gasteiger charge is 2.10. The molecule has 0 saturated carbocycles. The second-order valence-corrected chi connectivity index (χ2v) is 4.94. The van der Waals surface area contributed by atoms with Gasteiger partial charge in [0.25, 0.3) is 9.05 Å². The number of nitrogens with one attached hydrogen (secondary N) is 1. The maximum atomic E-state index is 10.8. The van der Waals surface area contributed by atoms with E-state index in [0.717, 1.165) is 6.21 Å². The van der Waals surface area contributed by atoms with Gasteiger partial charge in [-0.05, 0) is 12.1 Å². The standard InChI is InChI=1S/C7H7ClN2O2S/c8-13(11,12)6-2-1-5(4-9)7(10)3-6/h1-4,9H,10H2. The van der Waals surface area contributed by atoms with Gasteiger partial charge >= 0.3 is 0 Å². The maximum Gasteiger partial charge on any atom is 0.261 e. The number of nitrogen functional groups attached to an aromatic ring is 1. The molecule has 0 unspecified atom stereocenters. The Hall–Kier alpha value is -1.07. The van der Waals surface area contributed by atoms with Gasteiger partial charge in [0.1, 0.15) is 0 Å². The molecule has 70 valence electrons. The maximum absolute atomic E-state index is 10.8. The van der Waals surface area contributed by atoms with Crippen molar-refractivity contribution in [1.82, 2.24) is 0 Å². The molecule has 0 fully saturated rings. The number of benzene rings is 1. The lowest BCUT2D eigenvalue weighted by Crippen LogP contribution is -1.97. The second-order valence-electron chi connectivity index (χ2n) is 2.37. The van der Waals surface area contributed by atoms with Gasteiger partial charge < -0.3 is 11.1 Å². The van der Waals surface area contributed by atoms with Crippen LogP contribution in [0.2, 0.25) is 0 Å². The molecule has 3 N–H and O–H groups in total. The summed E-state index contributed by atoms with van der Waals surface area (Å²) in [4.78, 5) is -0.0581. The number of rotatable bonds is 2. The lowest BCUT2D eigenvalue weighted by Gasteiger charge is -2.01. The molecule has 1 rings (SSSR count). The van der Waals surface area contributed by atoms with Gasteiger partial charge in [-0.25, -0.2) is 8.42 Å². The van der Waals surface area contributed by atoms with Crippen LogP contribution in [0.15, 0.2) is 23.1 Å². The van der Waals surface area contributed by atoms with Gasteiger partial charge in [-0.15, -0.1) is 0 Å². The predicted octanol–water partition coefficient (Wildman–Crippen LogP) is 1.19. The Morgan fingerprint density at radius 1 is 1.46 bits per heavy atom. The van der Waals surface area contributed by atoms with Crippen molar-refractivity contribution in [2.24, 2.45) is 0 Å². The Morgan fingerprint density at radius 3 is 2.46 bits per heavy atom. The third-order valence-electron chi connectivity index (χ3n) is 1.50. The summed E-state index contributed by atoms with van der Waals surface area (Å²) in [7, 11) is 1.35. The van der Waals surface area contributed by atoms with Gasteiger partial charge in [0.05, 0.1) is 4.90 Å². The van der Waals surface area contributed by atoms with Crippen LogP contribution in [-0.4, -0.2) is 14.6 Å². The Labute approximate surface area is 80.3 Å². The first-order valence-corrected chi connectivity index (χ1v) is 5.61. The third-order valence-corrected chi connectivity index (χ3v) is 2.85. The monoisotopic (exact) mass is 218 g/mol. The van der Waals surface area contributed by atoms with Crippen molar-refractivity contribution < 1.29 is 8.42 Å². The Morgan fingerprint density at radius 2 is 2.08 bits per heavy atom. The summed E-state index contributed by atoms with van der Waals surface area (Å²) in [5.41, 5.74) is 6.14. The molecule has 4 nitrogen and oxygen atoms in total. The van der Waals surface area contributed by atoms with Crippen molar-refractivity contribution in [2.45, 2.75) is 4.90 Å². The van der Waals surface area contributed by atoms with E-state index >= 15 is 0 Å². The number of anilines is 1. The molecule has 13 heavy (non-hydrogen) atoms. The highest BCUT2D eigenvalue weighted by molar-refractivity contribution is 8.13. The first kappa shape index (κ1) is 10.0. The summed E-state index contributed by atoms with van der Waals surface area (Å²) in [6, 6.07) is 3.96. The average Bonchev–Trinajstić information content (AvgIpc) is 2.02. The Balaban J connectivity index is 3.34. The summed E-state index contributed by atoms with van der Waals surface area (Å²) in [6.07, 6.45) is 1.04. The molecule has 0 amide bonds. The zero-order valence-electron chi connectivity index (χ0n) is 6.49. The SMILES string of the molecule is N=Cc1ccc(S(=O)(=O)Cl)cc1N. The molecule has 0 bridgehead atoms. The fourth-order valence-electron chi connectivity index (χ4n) is 0.836. The highest BCUT2D eigenvalue weighted by atomic mass is 35.7. The number of halogens is 1. The van der Waals surface area contributed by atoms with Crippen LogP contribution < -0.4 is 5.73 Å². The summed E-state index contributed by atoms with van der Waals surface area (Å²) in [6.45, 7) is 0. The van der Waals surface area contributed by atoms with Crippen molar-refractivity contribution in [2.75, 3.05) is 5.73 Å². The van der Waals surface area contributed by atoms with Crippen molar-refractivity contribution in [3.05, 3.63) is 23.8 Å². The lowest BCUT2D eigenvalue weighted by molar-refractivity contribution is 0.609. The number of hydrogen-bond donors (Lipinski definition) is 2. The van der Waals surface area contributed by atoms with E-state index in [4.69, 9.17) is 21.8 Å². The molecule has 0 atom stereocenters. The smallest absolute Gasteiger partial charge is 0.261 e. The summed E-state index contributed by atoms with van der Waals surface area (Å²) in [5, 5.41) is 6.92. The van der Waals surface area contributed by atoms with Crippen molar-refractivity contribution in [3.8, 4) is 0 Å². The Bertz CT molecular complexity index is 442. The van der Waals surface area contributed by atoms with E-state index in [2.05, 4.69) is 0 Å². The van der Waals surface area contributed by atoms with Crippen molar-refractivity contribution in [3.63, 3.8) is 0 Å². The van der Waals surface area contributed by atoms with Crippen LogP contribution in [0.1, 0.15) is 5.56 Å². The third kappa shape index (κ3) is 2.19. The summed E-state index contributed by atoms with van der Waals surface area (Å²) in [5.74, 6) is 0. The van der Waals surface area contributed by atoms with E-state index in [1.165, 1.54) is 18.2 Å². The van der Waals surface area contributed by atoms with Crippen LogP contribution in [0.25, 0.3) is 0 Å². The van der Waals surface area contributed by atoms with E-state index < -0.39 is 9.05 Å². The van der Waals surface area contributed by atoms with Crippen molar-refractivity contribution in [1.29, 1.82) is 5.41 Å². The molecule has 0 radical (unpaired) electrons. The molecular weight excluding hydrogens is 212 g/mol. The molecule has 1 aromatic rings. The molecule has 0 saturated heterocycles. The van der Waals surface area contributed by atoms with E-state index in [0.29, 0.717) is 5.56 Å². The zero-order valence-corrected chi connectivity index (χ0v) is 8.06. The highest BCUT2D eigenvalue weighted by Crippen LogP contribution is 2.19. The van der Waals surface area contributed by atoms with E-state index in [-0.39, 0.29) is 10.6 Å². The quantitative estimate of drug-likeness (QED) is 0.444. The van der Waals surface area contributed by atoms with E-state index in [1.807, 2.05) is 0 Å². The molecule has 6 heteroatoms. The Kier molecular flexibility index (Phi) is 2.58. The van der Waals surface area contributed by atoms with Crippen LogP contribution >= 0.6 is 10.7 Å². The average molecular weight is 219 g/mol. The molecule has 0 aliphatic carbocycles. The van der Waals surface area contributed by atoms with Gasteiger partial charge in [0.2, 0.25) is 0 Å². The molecule has 1 aromatic carbocycles. The number of nitrogens with two attached hydrogens (primary N) is 1. The van der Waals surface area contributed by atoms with Gasteiger partial charge in [-0.1, -0.05) is 6.07 Å². The second kappa shape index (κ2) is 3.35. The van der Waals surface area contributed by atoms with Gasteiger partial charge in [-0.3, -0.25) is 0 Å². The molecule has 0 aliphatic heterocycles. The van der Waals surface area contributed by atoms with Crippen LogP contribution in [0.5, 0.6) is 0 Å². The minimum absolute atomic E-state index is 0.0581. The van der Waals surface area contributed by atoms with Gasteiger partial charge in [-0.2, -0.15) is 0 Å².